The molecule has 70 valence electrons. The first-order valence-electron chi connectivity index (χ1n) is 4.60. The number of nitrogens with one attached hydrogen (secondary N) is 1. The van der Waals surface area contributed by atoms with Crippen molar-refractivity contribution < 1.29 is 4.79 Å². The van der Waals surface area contributed by atoms with Crippen LogP contribution in [-0.2, 0) is 13.1 Å². The van der Waals surface area contributed by atoms with Crippen molar-refractivity contribution in [2.24, 2.45) is 0 Å². The summed E-state index contributed by atoms with van der Waals surface area (Å²) in [6, 6.07) is 5.79. The summed E-state index contributed by atoms with van der Waals surface area (Å²) in [6.07, 6.45) is 5.28. The smallest absolute Gasteiger partial charge is 0.174 e. The lowest BCUT2D eigenvalue weighted by Crippen LogP contribution is -2.00. The van der Waals surface area contributed by atoms with E-state index in [0.29, 0.717) is 0 Å². The molecule has 0 atom stereocenters. The van der Waals surface area contributed by atoms with Crippen LogP contribution in [0.1, 0.15) is 27.9 Å². The summed E-state index contributed by atoms with van der Waals surface area (Å²) in [4.78, 5) is 11.5. The molecule has 1 aromatic rings. The Morgan fingerprint density at radius 3 is 3.00 bits per heavy atom. The monoisotopic (exact) mass is 185 g/mol. The average Bonchev–Trinajstić information content (AvgIpc) is 2.64. The first kappa shape index (κ1) is 8.98. The number of ketones is 1. The molecule has 1 aliphatic rings. The minimum atomic E-state index is 0.0298. The quantitative estimate of drug-likeness (QED) is 0.558. The summed E-state index contributed by atoms with van der Waals surface area (Å²) >= 11 is 0. The van der Waals surface area contributed by atoms with Gasteiger partial charge in [-0.05, 0) is 17.2 Å². The van der Waals surface area contributed by atoms with Gasteiger partial charge in [0, 0.05) is 18.7 Å². The van der Waals surface area contributed by atoms with E-state index in [0.717, 1.165) is 18.7 Å². The molecule has 0 aliphatic carbocycles. The molecule has 0 spiro atoms. The highest BCUT2D eigenvalue weighted by molar-refractivity contribution is 5.97. The number of Topliss-reactive ketones (excluding diaryl/α,β-unsaturated/α-hetero) is 1. The van der Waals surface area contributed by atoms with Gasteiger partial charge in [-0.2, -0.15) is 0 Å². The van der Waals surface area contributed by atoms with Gasteiger partial charge in [0.05, 0.1) is 6.42 Å². The van der Waals surface area contributed by atoms with E-state index < -0.39 is 0 Å². The van der Waals surface area contributed by atoms with Crippen molar-refractivity contribution in [3.8, 4) is 12.3 Å². The standard InChI is InChI=1S/C12H11NO/c1-2-3-12(14)9-4-5-10-7-13-8-11(10)6-9/h1,4-6,13H,3,7-8H2. The fraction of sp³-hybridized carbons (Fsp3) is 0.250. The van der Waals surface area contributed by atoms with Crippen LogP contribution in [0, 0.1) is 12.3 Å². The summed E-state index contributed by atoms with van der Waals surface area (Å²) in [7, 11) is 0. The number of carbonyl (C=O) groups is 1. The lowest BCUT2D eigenvalue weighted by Gasteiger charge is -2.01. The van der Waals surface area contributed by atoms with Crippen LogP contribution in [0.5, 0.6) is 0 Å². The van der Waals surface area contributed by atoms with Gasteiger partial charge in [0.1, 0.15) is 0 Å². The fourth-order valence-corrected chi connectivity index (χ4v) is 1.66. The molecule has 0 fully saturated rings. The Bertz CT molecular complexity index is 415. The molecule has 0 unspecified atom stereocenters. The Balaban J connectivity index is 2.29. The van der Waals surface area contributed by atoms with Crippen LogP contribution in [0.4, 0.5) is 0 Å². The summed E-state index contributed by atoms with van der Waals surface area (Å²) in [5.74, 6) is 2.40. The fourth-order valence-electron chi connectivity index (χ4n) is 1.66. The number of carbonyl (C=O) groups excluding carboxylic acids is 1. The van der Waals surface area contributed by atoms with Crippen LogP contribution < -0.4 is 5.32 Å². The van der Waals surface area contributed by atoms with Crippen molar-refractivity contribution in [1.29, 1.82) is 0 Å². The van der Waals surface area contributed by atoms with Crippen LogP contribution in [0.15, 0.2) is 18.2 Å². The summed E-state index contributed by atoms with van der Waals surface area (Å²) < 4.78 is 0. The molecule has 2 heteroatoms. The molecule has 1 N–H and O–H groups in total. The Morgan fingerprint density at radius 2 is 2.21 bits per heavy atom. The number of hydrogen-bond acceptors (Lipinski definition) is 2. The van der Waals surface area contributed by atoms with Gasteiger partial charge in [-0.25, -0.2) is 0 Å². The highest BCUT2D eigenvalue weighted by Crippen LogP contribution is 2.17. The Hall–Kier alpha value is -1.59. The summed E-state index contributed by atoms with van der Waals surface area (Å²) in [5.41, 5.74) is 3.22. The maximum atomic E-state index is 11.5. The number of benzene rings is 1. The second-order valence-electron chi connectivity index (χ2n) is 3.39. The van der Waals surface area contributed by atoms with Gasteiger partial charge < -0.3 is 5.32 Å². The molecule has 1 heterocycles. The molecule has 0 radical (unpaired) electrons. The van der Waals surface area contributed by atoms with Crippen molar-refractivity contribution in [2.75, 3.05) is 0 Å². The Labute approximate surface area is 83.3 Å². The predicted molar refractivity (Wildman–Crippen MR) is 54.8 cm³/mol. The summed E-state index contributed by atoms with van der Waals surface area (Å²) in [5, 5.41) is 3.23. The van der Waals surface area contributed by atoms with Gasteiger partial charge in [0.15, 0.2) is 5.78 Å². The molecule has 0 saturated carbocycles. The van der Waals surface area contributed by atoms with E-state index in [4.69, 9.17) is 6.42 Å². The van der Waals surface area contributed by atoms with Crippen LogP contribution >= 0.6 is 0 Å². The zero-order valence-electron chi connectivity index (χ0n) is 7.84. The Kier molecular flexibility index (Phi) is 2.34. The second kappa shape index (κ2) is 3.65. The van der Waals surface area contributed by atoms with Gasteiger partial charge in [-0.1, -0.05) is 18.1 Å². The van der Waals surface area contributed by atoms with Crippen molar-refractivity contribution >= 4 is 5.78 Å². The molecule has 0 aromatic heterocycles. The van der Waals surface area contributed by atoms with E-state index in [1.807, 2.05) is 18.2 Å². The van der Waals surface area contributed by atoms with E-state index in [9.17, 15) is 4.79 Å². The topological polar surface area (TPSA) is 29.1 Å². The number of terminal acetylenes is 1. The average molecular weight is 185 g/mol. The van der Waals surface area contributed by atoms with Gasteiger partial charge in [0.25, 0.3) is 0 Å². The van der Waals surface area contributed by atoms with Gasteiger partial charge in [-0.3, -0.25) is 4.79 Å². The summed E-state index contributed by atoms with van der Waals surface area (Å²) in [6.45, 7) is 1.76. The first-order chi connectivity index (χ1) is 6.81. The molecule has 0 saturated heterocycles. The van der Waals surface area contributed by atoms with Gasteiger partial charge in [0.2, 0.25) is 0 Å². The molecule has 0 bridgehead atoms. The molecule has 2 nitrogen and oxygen atoms in total. The maximum Gasteiger partial charge on any atom is 0.174 e. The third kappa shape index (κ3) is 1.55. The van der Waals surface area contributed by atoms with E-state index >= 15 is 0 Å². The largest absolute Gasteiger partial charge is 0.309 e. The maximum absolute atomic E-state index is 11.5. The van der Waals surface area contributed by atoms with Gasteiger partial charge >= 0.3 is 0 Å². The molecule has 14 heavy (non-hydrogen) atoms. The van der Waals surface area contributed by atoms with Crippen molar-refractivity contribution in [2.45, 2.75) is 19.5 Å². The second-order valence-corrected chi connectivity index (χ2v) is 3.39. The zero-order valence-corrected chi connectivity index (χ0v) is 7.84. The van der Waals surface area contributed by atoms with Crippen molar-refractivity contribution in [3.63, 3.8) is 0 Å². The van der Waals surface area contributed by atoms with E-state index in [1.54, 1.807) is 0 Å². The molecule has 1 aliphatic heterocycles. The lowest BCUT2D eigenvalue weighted by molar-refractivity contribution is 0.0998. The third-order valence-corrected chi connectivity index (χ3v) is 2.42. The molecular formula is C12H11NO. The number of rotatable bonds is 2. The number of fused-ring (bicyclic) bond motifs is 1. The van der Waals surface area contributed by atoms with E-state index in [1.165, 1.54) is 11.1 Å². The molecule has 1 aromatic carbocycles. The van der Waals surface area contributed by atoms with Crippen LogP contribution in [0.3, 0.4) is 0 Å². The molecular weight excluding hydrogens is 174 g/mol. The predicted octanol–water partition coefficient (Wildman–Crippen LogP) is 1.50. The van der Waals surface area contributed by atoms with Crippen LogP contribution in [-0.4, -0.2) is 5.78 Å². The zero-order chi connectivity index (χ0) is 9.97. The van der Waals surface area contributed by atoms with E-state index in [-0.39, 0.29) is 12.2 Å². The van der Waals surface area contributed by atoms with E-state index in [2.05, 4.69) is 11.2 Å². The van der Waals surface area contributed by atoms with Crippen LogP contribution in [0.25, 0.3) is 0 Å². The highest BCUT2D eigenvalue weighted by Gasteiger charge is 2.12. The van der Waals surface area contributed by atoms with Gasteiger partial charge in [-0.15, -0.1) is 6.42 Å². The SMILES string of the molecule is C#CCC(=O)c1ccc2c(c1)CNC2. The third-order valence-electron chi connectivity index (χ3n) is 2.42. The van der Waals surface area contributed by atoms with Crippen LogP contribution in [0.2, 0.25) is 0 Å². The lowest BCUT2D eigenvalue weighted by atomic mass is 10.0. The first-order valence-corrected chi connectivity index (χ1v) is 4.60. The Morgan fingerprint density at radius 1 is 1.43 bits per heavy atom. The minimum Gasteiger partial charge on any atom is -0.309 e. The van der Waals surface area contributed by atoms with Crippen molar-refractivity contribution in [1.82, 2.24) is 5.32 Å². The van der Waals surface area contributed by atoms with Crippen molar-refractivity contribution in [3.05, 3.63) is 34.9 Å². The normalized spacial score (nSPS) is 13.4. The number of hydrogen-bond donors (Lipinski definition) is 1. The molecule has 2 rings (SSSR count). The molecule has 0 amide bonds. The minimum absolute atomic E-state index is 0.0298. The highest BCUT2D eigenvalue weighted by atomic mass is 16.1.